The van der Waals surface area contributed by atoms with E-state index >= 15 is 0 Å². The van der Waals surface area contributed by atoms with Crippen LogP contribution in [0.1, 0.15) is 19.3 Å². The standard InChI is InChI=1S/C13H18N2O4/c1-18-12-6-11(15(16)17)7-13(8-12)19-9-10-4-2-3-5-14-10/h6-8,10,14H,2-5,9H2,1H3. The summed E-state index contributed by atoms with van der Waals surface area (Å²) in [4.78, 5) is 10.4. The quantitative estimate of drug-likeness (QED) is 0.652. The summed E-state index contributed by atoms with van der Waals surface area (Å²) in [5.74, 6) is 0.902. The van der Waals surface area contributed by atoms with Crippen molar-refractivity contribution < 1.29 is 14.4 Å². The summed E-state index contributed by atoms with van der Waals surface area (Å²) in [6.07, 6.45) is 3.46. The highest BCUT2D eigenvalue weighted by atomic mass is 16.6. The zero-order valence-corrected chi connectivity index (χ0v) is 10.9. The van der Waals surface area contributed by atoms with Gasteiger partial charge in [0.1, 0.15) is 18.1 Å². The average Bonchev–Trinajstić information content (AvgIpc) is 2.45. The van der Waals surface area contributed by atoms with Gasteiger partial charge in [-0.15, -0.1) is 0 Å². The minimum Gasteiger partial charge on any atom is -0.496 e. The van der Waals surface area contributed by atoms with Crippen molar-refractivity contribution in [1.82, 2.24) is 5.32 Å². The molecule has 0 radical (unpaired) electrons. The van der Waals surface area contributed by atoms with E-state index in [0.29, 0.717) is 24.1 Å². The second kappa shape index (κ2) is 6.38. The first-order valence-corrected chi connectivity index (χ1v) is 6.38. The van der Waals surface area contributed by atoms with Crippen LogP contribution < -0.4 is 14.8 Å². The molecule has 1 unspecified atom stereocenters. The van der Waals surface area contributed by atoms with Crippen molar-refractivity contribution in [3.8, 4) is 11.5 Å². The summed E-state index contributed by atoms with van der Waals surface area (Å²) < 4.78 is 10.7. The predicted octanol–water partition coefficient (Wildman–Crippen LogP) is 2.12. The van der Waals surface area contributed by atoms with Crippen LogP contribution in [0.2, 0.25) is 0 Å². The molecule has 2 rings (SSSR count). The molecule has 0 aromatic heterocycles. The third-order valence-corrected chi connectivity index (χ3v) is 3.17. The fourth-order valence-corrected chi connectivity index (χ4v) is 2.13. The van der Waals surface area contributed by atoms with E-state index in [2.05, 4.69) is 5.32 Å². The SMILES string of the molecule is COc1cc(OCC2CCCCN2)cc([N+](=O)[O-])c1. The van der Waals surface area contributed by atoms with Gasteiger partial charge in [0.25, 0.3) is 5.69 Å². The molecule has 0 amide bonds. The first-order chi connectivity index (χ1) is 9.19. The average molecular weight is 266 g/mol. The third kappa shape index (κ3) is 3.82. The molecule has 1 saturated heterocycles. The molecule has 0 saturated carbocycles. The third-order valence-electron chi connectivity index (χ3n) is 3.17. The van der Waals surface area contributed by atoms with Crippen molar-refractivity contribution >= 4 is 5.69 Å². The molecule has 6 heteroatoms. The van der Waals surface area contributed by atoms with Crippen molar-refractivity contribution in [3.05, 3.63) is 28.3 Å². The smallest absolute Gasteiger partial charge is 0.276 e. The monoisotopic (exact) mass is 266 g/mol. The van der Waals surface area contributed by atoms with E-state index in [9.17, 15) is 10.1 Å². The van der Waals surface area contributed by atoms with Crippen LogP contribution >= 0.6 is 0 Å². The Labute approximate surface area is 111 Å². The van der Waals surface area contributed by atoms with Crippen LogP contribution in [0.5, 0.6) is 11.5 Å². The van der Waals surface area contributed by atoms with Gasteiger partial charge < -0.3 is 14.8 Å². The highest BCUT2D eigenvalue weighted by molar-refractivity contribution is 5.46. The van der Waals surface area contributed by atoms with E-state index in [0.717, 1.165) is 13.0 Å². The Morgan fingerprint density at radius 3 is 2.79 bits per heavy atom. The molecule has 1 fully saturated rings. The van der Waals surface area contributed by atoms with Gasteiger partial charge in [-0.2, -0.15) is 0 Å². The summed E-state index contributed by atoms with van der Waals surface area (Å²) >= 11 is 0. The number of hydrogen-bond acceptors (Lipinski definition) is 5. The summed E-state index contributed by atoms with van der Waals surface area (Å²) in [5, 5.41) is 14.2. The van der Waals surface area contributed by atoms with Gasteiger partial charge in [-0.1, -0.05) is 6.42 Å². The van der Waals surface area contributed by atoms with Gasteiger partial charge in [-0.25, -0.2) is 0 Å². The highest BCUT2D eigenvalue weighted by Gasteiger charge is 2.15. The molecule has 6 nitrogen and oxygen atoms in total. The Balaban J connectivity index is 2.02. The van der Waals surface area contributed by atoms with Crippen LogP contribution in [0.15, 0.2) is 18.2 Å². The van der Waals surface area contributed by atoms with Gasteiger partial charge in [-0.05, 0) is 19.4 Å². The Morgan fingerprint density at radius 2 is 2.16 bits per heavy atom. The molecule has 1 aromatic rings. The normalized spacial score (nSPS) is 18.9. The van der Waals surface area contributed by atoms with Crippen molar-refractivity contribution in [3.63, 3.8) is 0 Å². The van der Waals surface area contributed by atoms with E-state index in [1.165, 1.54) is 32.1 Å². The number of benzene rings is 1. The van der Waals surface area contributed by atoms with Gasteiger partial charge in [0.2, 0.25) is 0 Å². The number of nitro groups is 1. The zero-order valence-electron chi connectivity index (χ0n) is 10.9. The maximum atomic E-state index is 10.8. The van der Waals surface area contributed by atoms with E-state index in [1.54, 1.807) is 6.07 Å². The maximum Gasteiger partial charge on any atom is 0.276 e. The zero-order chi connectivity index (χ0) is 13.7. The number of hydrogen-bond donors (Lipinski definition) is 1. The fraction of sp³-hybridized carbons (Fsp3) is 0.538. The minimum absolute atomic E-state index is 0.0223. The lowest BCUT2D eigenvalue weighted by molar-refractivity contribution is -0.385. The molecule has 1 N–H and O–H groups in total. The Hall–Kier alpha value is -1.82. The number of ether oxygens (including phenoxy) is 2. The van der Waals surface area contributed by atoms with Crippen LogP contribution in [0.25, 0.3) is 0 Å². The second-order valence-corrected chi connectivity index (χ2v) is 4.58. The summed E-state index contributed by atoms with van der Waals surface area (Å²) in [5.41, 5.74) is -0.0223. The first kappa shape index (κ1) is 13.6. The van der Waals surface area contributed by atoms with Crippen molar-refractivity contribution in [2.75, 3.05) is 20.3 Å². The Bertz CT molecular complexity index is 444. The van der Waals surface area contributed by atoms with Gasteiger partial charge in [0, 0.05) is 12.1 Å². The fourth-order valence-electron chi connectivity index (χ4n) is 2.13. The van der Waals surface area contributed by atoms with Gasteiger partial charge in [0.15, 0.2) is 0 Å². The van der Waals surface area contributed by atoms with Crippen molar-refractivity contribution in [2.24, 2.45) is 0 Å². The van der Waals surface area contributed by atoms with Crippen molar-refractivity contribution in [2.45, 2.75) is 25.3 Å². The van der Waals surface area contributed by atoms with Gasteiger partial charge in [-0.3, -0.25) is 10.1 Å². The lowest BCUT2D eigenvalue weighted by Gasteiger charge is -2.23. The lowest BCUT2D eigenvalue weighted by atomic mass is 10.1. The molecule has 1 aromatic carbocycles. The molecule has 1 aliphatic heterocycles. The number of piperidine rings is 1. The van der Waals surface area contributed by atoms with E-state index < -0.39 is 4.92 Å². The molecule has 1 aliphatic rings. The highest BCUT2D eigenvalue weighted by Crippen LogP contribution is 2.27. The number of methoxy groups -OCH3 is 1. The topological polar surface area (TPSA) is 73.6 Å². The van der Waals surface area contributed by atoms with Crippen molar-refractivity contribution in [1.29, 1.82) is 0 Å². The van der Waals surface area contributed by atoms with Crippen LogP contribution in [0.4, 0.5) is 5.69 Å². The lowest BCUT2D eigenvalue weighted by Crippen LogP contribution is -2.38. The maximum absolute atomic E-state index is 10.8. The number of non-ortho nitro benzene ring substituents is 1. The van der Waals surface area contributed by atoms with Gasteiger partial charge in [0.05, 0.1) is 24.2 Å². The summed E-state index contributed by atoms with van der Waals surface area (Å²) in [6.45, 7) is 1.52. The van der Waals surface area contributed by atoms with Gasteiger partial charge >= 0.3 is 0 Å². The second-order valence-electron chi connectivity index (χ2n) is 4.58. The molecule has 19 heavy (non-hydrogen) atoms. The van der Waals surface area contributed by atoms with Crippen LogP contribution in [-0.4, -0.2) is 31.2 Å². The summed E-state index contributed by atoms with van der Waals surface area (Å²) in [6, 6.07) is 4.78. The number of nitrogens with one attached hydrogen (secondary N) is 1. The predicted molar refractivity (Wildman–Crippen MR) is 70.8 cm³/mol. The number of nitro benzene ring substituents is 1. The minimum atomic E-state index is -0.450. The molecule has 0 spiro atoms. The molecule has 104 valence electrons. The Morgan fingerprint density at radius 1 is 1.37 bits per heavy atom. The molecular weight excluding hydrogens is 248 g/mol. The summed E-state index contributed by atoms with van der Waals surface area (Å²) in [7, 11) is 1.48. The molecule has 1 atom stereocenters. The molecule has 0 bridgehead atoms. The van der Waals surface area contributed by atoms with E-state index in [1.807, 2.05) is 0 Å². The number of nitrogens with zero attached hydrogens (tertiary/aromatic N) is 1. The van der Waals surface area contributed by atoms with Crippen LogP contribution in [-0.2, 0) is 0 Å². The molecule has 1 heterocycles. The molecular formula is C13H18N2O4. The van der Waals surface area contributed by atoms with E-state index in [-0.39, 0.29) is 5.69 Å². The number of rotatable bonds is 5. The van der Waals surface area contributed by atoms with E-state index in [4.69, 9.17) is 9.47 Å². The molecule has 0 aliphatic carbocycles. The Kier molecular flexibility index (Phi) is 4.57. The first-order valence-electron chi connectivity index (χ1n) is 6.38. The largest absolute Gasteiger partial charge is 0.496 e. The van der Waals surface area contributed by atoms with Crippen LogP contribution in [0, 0.1) is 10.1 Å². The van der Waals surface area contributed by atoms with Crippen LogP contribution in [0.3, 0.4) is 0 Å².